The fourth-order valence-corrected chi connectivity index (χ4v) is 4.52. The van der Waals surface area contributed by atoms with E-state index in [0.717, 1.165) is 30.4 Å². The van der Waals surface area contributed by atoms with Crippen molar-refractivity contribution in [2.75, 3.05) is 32.0 Å². The van der Waals surface area contributed by atoms with Gasteiger partial charge >= 0.3 is 0 Å². The molecule has 0 atom stereocenters. The van der Waals surface area contributed by atoms with Crippen LogP contribution in [0, 0.1) is 5.82 Å². The number of carbonyl (C=O) groups excluding carboxylic acids is 1. The summed E-state index contributed by atoms with van der Waals surface area (Å²) >= 11 is 1.32. The minimum Gasteiger partial charge on any atom is -0.492 e. The average molecular weight is 470 g/mol. The zero-order valence-electron chi connectivity index (χ0n) is 18.5. The summed E-state index contributed by atoms with van der Waals surface area (Å²) in [7, 11) is 0. The highest BCUT2D eigenvalue weighted by Crippen LogP contribution is 2.24. The molecule has 33 heavy (non-hydrogen) atoms. The van der Waals surface area contributed by atoms with Crippen LogP contribution in [0.3, 0.4) is 0 Å². The van der Waals surface area contributed by atoms with Crippen molar-refractivity contribution in [2.45, 2.75) is 31.0 Å². The van der Waals surface area contributed by atoms with E-state index in [9.17, 15) is 9.18 Å². The molecule has 1 saturated heterocycles. The van der Waals surface area contributed by atoms with Crippen LogP contribution >= 0.6 is 11.8 Å². The molecule has 0 radical (unpaired) electrons. The SMILES string of the molecule is O=C(CSc1nnc(CN2CCCCC2)n1-c1ccc(F)cc1)NCCOc1ccccc1. The van der Waals surface area contributed by atoms with Gasteiger partial charge in [0.1, 0.15) is 18.2 Å². The Morgan fingerprint density at radius 1 is 1.03 bits per heavy atom. The molecule has 0 spiro atoms. The quantitative estimate of drug-likeness (QED) is 0.361. The largest absolute Gasteiger partial charge is 0.492 e. The lowest BCUT2D eigenvalue weighted by molar-refractivity contribution is -0.118. The lowest BCUT2D eigenvalue weighted by atomic mass is 10.1. The number of carbonyl (C=O) groups is 1. The molecule has 2 heterocycles. The Balaban J connectivity index is 1.35. The third-order valence-electron chi connectivity index (χ3n) is 5.37. The summed E-state index contributed by atoms with van der Waals surface area (Å²) in [6, 6.07) is 15.8. The Hall–Kier alpha value is -2.91. The molecule has 1 amide bonds. The Labute approximate surface area is 197 Å². The maximum atomic E-state index is 13.5. The molecule has 0 aliphatic carbocycles. The van der Waals surface area contributed by atoms with Crippen LogP contribution in [0.15, 0.2) is 59.8 Å². The predicted molar refractivity (Wildman–Crippen MR) is 126 cm³/mol. The molecule has 0 unspecified atom stereocenters. The first-order chi connectivity index (χ1) is 16.2. The topological polar surface area (TPSA) is 72.3 Å². The Kier molecular flexibility index (Phi) is 8.32. The van der Waals surface area contributed by atoms with Crippen molar-refractivity contribution in [1.29, 1.82) is 0 Å². The van der Waals surface area contributed by atoms with Gasteiger partial charge in [0.2, 0.25) is 5.91 Å². The van der Waals surface area contributed by atoms with Crippen LogP contribution in [-0.2, 0) is 11.3 Å². The molecule has 174 valence electrons. The monoisotopic (exact) mass is 469 g/mol. The van der Waals surface area contributed by atoms with Gasteiger partial charge in [-0.25, -0.2) is 4.39 Å². The van der Waals surface area contributed by atoms with E-state index in [-0.39, 0.29) is 17.5 Å². The van der Waals surface area contributed by atoms with E-state index >= 15 is 0 Å². The van der Waals surface area contributed by atoms with Crippen LogP contribution in [0.25, 0.3) is 5.69 Å². The Bertz CT molecular complexity index is 1020. The summed E-state index contributed by atoms with van der Waals surface area (Å²) in [4.78, 5) is 14.7. The number of hydrogen-bond acceptors (Lipinski definition) is 6. The molecule has 4 rings (SSSR count). The van der Waals surface area contributed by atoms with Gasteiger partial charge in [0.05, 0.1) is 18.8 Å². The highest BCUT2D eigenvalue weighted by molar-refractivity contribution is 7.99. The molecule has 1 N–H and O–H groups in total. The first-order valence-corrected chi connectivity index (χ1v) is 12.2. The standard InChI is InChI=1S/C24H28FN5O2S/c25-19-9-11-20(12-10-19)30-22(17-29-14-5-2-6-15-29)27-28-24(30)33-18-23(31)26-13-16-32-21-7-3-1-4-8-21/h1,3-4,7-12H,2,5-6,13-18H2,(H,26,31). The normalized spacial score (nSPS) is 14.2. The van der Waals surface area contributed by atoms with Crippen LogP contribution < -0.4 is 10.1 Å². The minimum absolute atomic E-state index is 0.108. The first kappa shape index (κ1) is 23.3. The van der Waals surface area contributed by atoms with Gasteiger partial charge in [-0.15, -0.1) is 10.2 Å². The zero-order chi connectivity index (χ0) is 22.9. The van der Waals surface area contributed by atoms with Gasteiger partial charge in [0.25, 0.3) is 0 Å². The molecule has 1 aliphatic rings. The predicted octanol–water partition coefficient (Wildman–Crippen LogP) is 3.68. The number of aromatic nitrogens is 3. The molecule has 1 aliphatic heterocycles. The number of piperidine rings is 1. The number of rotatable bonds is 10. The number of thioether (sulfide) groups is 1. The molecule has 3 aromatic rings. The summed E-state index contributed by atoms with van der Waals surface area (Å²) in [5.41, 5.74) is 0.785. The van der Waals surface area contributed by atoms with Crippen LogP contribution in [0.5, 0.6) is 5.75 Å². The number of para-hydroxylation sites is 1. The van der Waals surface area contributed by atoms with Gasteiger partial charge < -0.3 is 10.1 Å². The fraction of sp³-hybridized carbons (Fsp3) is 0.375. The van der Waals surface area contributed by atoms with Gasteiger partial charge in [-0.1, -0.05) is 36.4 Å². The number of ether oxygens (including phenoxy) is 1. The van der Waals surface area contributed by atoms with Crippen LogP contribution in [-0.4, -0.2) is 57.6 Å². The van der Waals surface area contributed by atoms with Crippen molar-refractivity contribution in [3.8, 4) is 11.4 Å². The maximum absolute atomic E-state index is 13.5. The number of hydrogen-bond donors (Lipinski definition) is 1. The summed E-state index contributed by atoms with van der Waals surface area (Å²) in [5, 5.41) is 12.2. The van der Waals surface area contributed by atoms with Crippen molar-refractivity contribution < 1.29 is 13.9 Å². The Morgan fingerprint density at radius 2 is 1.79 bits per heavy atom. The molecule has 1 fully saturated rings. The number of halogens is 1. The minimum atomic E-state index is -0.296. The smallest absolute Gasteiger partial charge is 0.230 e. The van der Waals surface area contributed by atoms with E-state index in [0.29, 0.717) is 24.9 Å². The van der Waals surface area contributed by atoms with Gasteiger partial charge in [0, 0.05) is 5.69 Å². The number of amides is 1. The van der Waals surface area contributed by atoms with E-state index in [1.807, 2.05) is 34.9 Å². The lowest BCUT2D eigenvalue weighted by Gasteiger charge is -2.26. The fourth-order valence-electron chi connectivity index (χ4n) is 3.72. The highest BCUT2D eigenvalue weighted by Gasteiger charge is 2.19. The van der Waals surface area contributed by atoms with Crippen LogP contribution in [0.2, 0.25) is 0 Å². The van der Waals surface area contributed by atoms with Gasteiger partial charge in [-0.3, -0.25) is 14.3 Å². The number of likely N-dealkylation sites (tertiary alicyclic amines) is 1. The molecule has 2 aromatic carbocycles. The van der Waals surface area contributed by atoms with Crippen LogP contribution in [0.4, 0.5) is 4.39 Å². The van der Waals surface area contributed by atoms with E-state index < -0.39 is 0 Å². The average Bonchev–Trinajstić information content (AvgIpc) is 3.24. The molecule has 1 aromatic heterocycles. The van der Waals surface area contributed by atoms with E-state index in [4.69, 9.17) is 4.74 Å². The number of benzene rings is 2. The van der Waals surface area contributed by atoms with Crippen molar-refractivity contribution in [2.24, 2.45) is 0 Å². The summed E-state index contributed by atoms with van der Waals surface area (Å²) in [6.07, 6.45) is 3.62. The number of nitrogens with one attached hydrogen (secondary N) is 1. The second-order valence-electron chi connectivity index (χ2n) is 7.85. The lowest BCUT2D eigenvalue weighted by Crippen LogP contribution is -2.30. The molecule has 7 nitrogen and oxygen atoms in total. The Morgan fingerprint density at radius 3 is 2.55 bits per heavy atom. The summed E-state index contributed by atoms with van der Waals surface area (Å²) in [6.45, 7) is 3.55. The second-order valence-corrected chi connectivity index (χ2v) is 8.79. The second kappa shape index (κ2) is 11.8. The van der Waals surface area contributed by atoms with E-state index in [2.05, 4.69) is 20.4 Å². The zero-order valence-corrected chi connectivity index (χ0v) is 19.3. The third-order valence-corrected chi connectivity index (χ3v) is 6.30. The van der Waals surface area contributed by atoms with Gasteiger partial charge in [-0.2, -0.15) is 0 Å². The summed E-state index contributed by atoms with van der Waals surface area (Å²) in [5.74, 6) is 1.37. The van der Waals surface area contributed by atoms with Crippen LogP contribution in [0.1, 0.15) is 25.1 Å². The third kappa shape index (κ3) is 6.79. The summed E-state index contributed by atoms with van der Waals surface area (Å²) < 4.78 is 21.0. The van der Waals surface area contributed by atoms with Crippen molar-refractivity contribution in [3.05, 3.63) is 66.2 Å². The molecular formula is C24H28FN5O2S. The maximum Gasteiger partial charge on any atom is 0.230 e. The first-order valence-electron chi connectivity index (χ1n) is 11.2. The molecule has 0 bridgehead atoms. The number of nitrogens with zero attached hydrogens (tertiary/aromatic N) is 4. The van der Waals surface area contributed by atoms with Gasteiger partial charge in [-0.05, 0) is 62.3 Å². The van der Waals surface area contributed by atoms with Gasteiger partial charge in [0.15, 0.2) is 11.0 Å². The van der Waals surface area contributed by atoms with E-state index in [1.165, 1.54) is 43.2 Å². The van der Waals surface area contributed by atoms with Crippen molar-refractivity contribution in [1.82, 2.24) is 25.0 Å². The molecule has 9 heteroatoms. The molecular weight excluding hydrogens is 441 g/mol. The van der Waals surface area contributed by atoms with E-state index in [1.54, 1.807) is 12.1 Å². The van der Waals surface area contributed by atoms with Crippen molar-refractivity contribution in [3.63, 3.8) is 0 Å². The van der Waals surface area contributed by atoms with Crippen molar-refractivity contribution >= 4 is 17.7 Å². The highest BCUT2D eigenvalue weighted by atomic mass is 32.2. The molecule has 0 saturated carbocycles.